The summed E-state index contributed by atoms with van der Waals surface area (Å²) in [7, 11) is 0. The van der Waals surface area contributed by atoms with E-state index in [0.717, 1.165) is 29.8 Å². The number of nitrogens with zero attached hydrogens (tertiary/aromatic N) is 1. The molecule has 11 rings (SSSR count). The molecule has 0 saturated carbocycles. The van der Waals surface area contributed by atoms with Crippen LogP contribution in [-0.4, -0.2) is 4.98 Å². The molecule has 4 aliphatic carbocycles. The molecule has 4 aliphatic rings. The first-order valence-electron chi connectivity index (χ1n) is 20.0. The Morgan fingerprint density at radius 3 is 1.73 bits per heavy atom. The molecule has 0 radical (unpaired) electrons. The van der Waals surface area contributed by atoms with E-state index in [1.165, 1.54) is 61.2 Å². The molecule has 6 aromatic carbocycles. The number of hydrogen-bond donors (Lipinski definition) is 0. The van der Waals surface area contributed by atoms with Crippen molar-refractivity contribution < 1.29 is 0 Å². The lowest BCUT2D eigenvalue weighted by atomic mass is 9.42. The monoisotopic (exact) mass is 715 g/mol. The number of benzene rings is 6. The van der Waals surface area contributed by atoms with Gasteiger partial charge in [-0.1, -0.05) is 200 Å². The van der Waals surface area contributed by atoms with Gasteiger partial charge in [0.1, 0.15) is 0 Å². The molecule has 3 atom stereocenters. The van der Waals surface area contributed by atoms with Crippen molar-refractivity contribution in [3.63, 3.8) is 0 Å². The smallest absolute Gasteiger partial charge is 0.0715 e. The predicted octanol–water partition coefficient (Wildman–Crippen LogP) is 13.1. The molecule has 1 aromatic heterocycles. The summed E-state index contributed by atoms with van der Waals surface area (Å²) in [6.07, 6.45) is 14.3. The van der Waals surface area contributed by atoms with Gasteiger partial charge < -0.3 is 0 Å². The standard InChI is InChI=1S/C55H41N/c1-5-20-38(21-6-1)40-36-51(39-22-7-2-8-23-39)56-52(37-40)45-30-19-35-50-53(45)54(41-24-9-3-10-25-41,42-26-11-4-12-27-42)48-33-17-18-34-49(48)55(50)46-31-15-13-28-43(46)44-29-14-16-32-47(44)55/h1-13,15-28,30-37,50,53H,14,29H2. The van der Waals surface area contributed by atoms with Crippen molar-refractivity contribution in [3.05, 3.63) is 257 Å². The molecule has 1 heteroatoms. The molecule has 1 spiro atoms. The van der Waals surface area contributed by atoms with E-state index in [9.17, 15) is 0 Å². The third-order valence-corrected chi connectivity index (χ3v) is 13.1. The minimum Gasteiger partial charge on any atom is -0.248 e. The van der Waals surface area contributed by atoms with E-state index in [1.54, 1.807) is 0 Å². The number of fused-ring (bicyclic) bond motifs is 8. The van der Waals surface area contributed by atoms with E-state index in [-0.39, 0.29) is 11.8 Å². The van der Waals surface area contributed by atoms with E-state index >= 15 is 0 Å². The van der Waals surface area contributed by atoms with Crippen molar-refractivity contribution in [2.45, 2.75) is 23.7 Å². The van der Waals surface area contributed by atoms with Crippen LogP contribution in [0.1, 0.15) is 51.9 Å². The number of allylic oxidation sites excluding steroid dienone is 8. The number of pyridine rings is 1. The van der Waals surface area contributed by atoms with Gasteiger partial charge in [0.05, 0.1) is 22.2 Å². The summed E-state index contributed by atoms with van der Waals surface area (Å²) < 4.78 is 0. The zero-order chi connectivity index (χ0) is 37.1. The molecule has 0 aliphatic heterocycles. The van der Waals surface area contributed by atoms with Crippen LogP contribution in [-0.2, 0) is 10.8 Å². The van der Waals surface area contributed by atoms with Crippen LogP contribution in [0.25, 0.3) is 33.5 Å². The van der Waals surface area contributed by atoms with Gasteiger partial charge in [0, 0.05) is 17.4 Å². The van der Waals surface area contributed by atoms with Crippen molar-refractivity contribution in [1.29, 1.82) is 0 Å². The van der Waals surface area contributed by atoms with Crippen molar-refractivity contribution in [3.8, 4) is 22.4 Å². The van der Waals surface area contributed by atoms with Crippen LogP contribution in [0.4, 0.5) is 0 Å². The maximum atomic E-state index is 5.67. The first-order valence-corrected chi connectivity index (χ1v) is 20.0. The fourth-order valence-corrected chi connectivity index (χ4v) is 11.0. The highest BCUT2D eigenvalue weighted by Crippen LogP contribution is 2.69. The Hall–Kier alpha value is -6.57. The van der Waals surface area contributed by atoms with Crippen molar-refractivity contribution >= 4 is 11.1 Å². The van der Waals surface area contributed by atoms with Crippen molar-refractivity contribution in [2.75, 3.05) is 0 Å². The lowest BCUT2D eigenvalue weighted by Crippen LogP contribution is -2.55. The minimum absolute atomic E-state index is 0.0235. The molecule has 266 valence electrons. The SMILES string of the molecule is C1=CC2C(C(c3cc(-c4ccccc4)cc(-c4ccccc4)n3)=C1)C(c1ccccc1)(c1ccccc1)c1ccccc1C21C2=C(CCC=C2)c2ccccc21. The van der Waals surface area contributed by atoms with Gasteiger partial charge in [0.25, 0.3) is 0 Å². The fourth-order valence-electron chi connectivity index (χ4n) is 11.0. The van der Waals surface area contributed by atoms with Crippen LogP contribution in [0.15, 0.2) is 218 Å². The van der Waals surface area contributed by atoms with Crippen LogP contribution in [0.5, 0.6) is 0 Å². The van der Waals surface area contributed by atoms with Gasteiger partial charge in [0.15, 0.2) is 0 Å². The van der Waals surface area contributed by atoms with Gasteiger partial charge in [-0.15, -0.1) is 0 Å². The maximum Gasteiger partial charge on any atom is 0.0715 e. The highest BCUT2D eigenvalue weighted by atomic mass is 14.7. The average Bonchev–Trinajstić information content (AvgIpc) is 3.58. The molecule has 0 saturated heterocycles. The van der Waals surface area contributed by atoms with Crippen LogP contribution < -0.4 is 0 Å². The molecular formula is C55H41N. The summed E-state index contributed by atoms with van der Waals surface area (Å²) in [4.78, 5) is 5.67. The Bertz CT molecular complexity index is 2640. The highest BCUT2D eigenvalue weighted by Gasteiger charge is 2.64. The first-order chi connectivity index (χ1) is 27.8. The summed E-state index contributed by atoms with van der Waals surface area (Å²) in [5.74, 6) is 0.0427. The zero-order valence-electron chi connectivity index (χ0n) is 31.2. The maximum absolute atomic E-state index is 5.67. The first kappa shape index (κ1) is 32.8. The van der Waals surface area contributed by atoms with Gasteiger partial charge in [0.2, 0.25) is 0 Å². The molecule has 0 N–H and O–H groups in total. The average molecular weight is 716 g/mol. The molecule has 0 fully saturated rings. The van der Waals surface area contributed by atoms with Crippen molar-refractivity contribution in [1.82, 2.24) is 4.98 Å². The van der Waals surface area contributed by atoms with Gasteiger partial charge in [-0.3, -0.25) is 0 Å². The zero-order valence-corrected chi connectivity index (χ0v) is 31.2. The lowest BCUT2D eigenvalue weighted by molar-refractivity contribution is 0.257. The van der Waals surface area contributed by atoms with Crippen LogP contribution >= 0.6 is 0 Å². The number of aromatic nitrogens is 1. The third kappa shape index (κ3) is 4.64. The fraction of sp³-hybridized carbons (Fsp3) is 0.109. The Labute approximate surface area is 329 Å². The lowest BCUT2D eigenvalue weighted by Gasteiger charge is -2.59. The quantitative estimate of drug-likeness (QED) is 0.173. The third-order valence-electron chi connectivity index (χ3n) is 13.1. The van der Waals surface area contributed by atoms with Crippen molar-refractivity contribution in [2.24, 2.45) is 11.8 Å². The predicted molar refractivity (Wildman–Crippen MR) is 231 cm³/mol. The molecule has 1 nitrogen and oxygen atoms in total. The van der Waals surface area contributed by atoms with Gasteiger partial charge in [-0.05, 0) is 86.2 Å². The van der Waals surface area contributed by atoms with E-state index in [1.807, 2.05) is 0 Å². The molecule has 0 bridgehead atoms. The van der Waals surface area contributed by atoms with E-state index in [2.05, 4.69) is 212 Å². The minimum atomic E-state index is -0.542. The Morgan fingerprint density at radius 2 is 1.05 bits per heavy atom. The summed E-state index contributed by atoms with van der Waals surface area (Å²) >= 11 is 0. The molecule has 7 aromatic rings. The second kappa shape index (κ2) is 13.0. The summed E-state index contributed by atoms with van der Waals surface area (Å²) in [6.45, 7) is 0. The summed E-state index contributed by atoms with van der Waals surface area (Å²) in [5.41, 5.74) is 17.0. The molecule has 1 heterocycles. The largest absolute Gasteiger partial charge is 0.248 e. The van der Waals surface area contributed by atoms with Gasteiger partial charge in [-0.2, -0.15) is 0 Å². The Morgan fingerprint density at radius 1 is 0.500 bits per heavy atom. The van der Waals surface area contributed by atoms with E-state index in [4.69, 9.17) is 4.98 Å². The molecule has 0 amide bonds. The molecule has 56 heavy (non-hydrogen) atoms. The van der Waals surface area contributed by atoms with Crippen LogP contribution in [0.3, 0.4) is 0 Å². The van der Waals surface area contributed by atoms with Crippen LogP contribution in [0, 0.1) is 11.8 Å². The Balaban J connectivity index is 1.28. The number of hydrogen-bond acceptors (Lipinski definition) is 1. The topological polar surface area (TPSA) is 12.9 Å². The van der Waals surface area contributed by atoms with E-state index < -0.39 is 10.8 Å². The van der Waals surface area contributed by atoms with Crippen LogP contribution in [0.2, 0.25) is 0 Å². The molecule has 3 unspecified atom stereocenters. The van der Waals surface area contributed by atoms with E-state index in [0.29, 0.717) is 0 Å². The second-order valence-corrected chi connectivity index (χ2v) is 15.6. The second-order valence-electron chi connectivity index (χ2n) is 15.6. The highest BCUT2D eigenvalue weighted by molar-refractivity contribution is 5.90. The number of rotatable bonds is 5. The normalized spacial score (nSPS) is 21.2. The summed E-state index contributed by atoms with van der Waals surface area (Å²) in [6, 6.07) is 67.5. The van der Waals surface area contributed by atoms with Gasteiger partial charge in [-0.25, -0.2) is 4.98 Å². The molecular weight excluding hydrogens is 675 g/mol. The van der Waals surface area contributed by atoms with Gasteiger partial charge >= 0.3 is 0 Å². The summed E-state index contributed by atoms with van der Waals surface area (Å²) in [5, 5.41) is 0. The Kier molecular flexibility index (Phi) is 7.64.